The molecule has 0 radical (unpaired) electrons. The third-order valence-electron chi connectivity index (χ3n) is 1.18. The molecule has 0 aromatic carbocycles. The SMILES string of the molecule is NC(=O)C1C(F)C1F. The number of hydrogen-bond donors (Lipinski definition) is 1. The number of alkyl halides is 2. The van der Waals surface area contributed by atoms with Crippen molar-refractivity contribution in [1.29, 1.82) is 0 Å². The molecule has 1 aliphatic carbocycles. The van der Waals surface area contributed by atoms with Gasteiger partial charge in [-0.3, -0.25) is 4.79 Å². The van der Waals surface area contributed by atoms with E-state index >= 15 is 0 Å². The van der Waals surface area contributed by atoms with E-state index in [2.05, 4.69) is 5.73 Å². The minimum absolute atomic E-state index is 0.884. The smallest absolute Gasteiger partial charge is 0.226 e. The van der Waals surface area contributed by atoms with Crippen molar-refractivity contribution in [2.45, 2.75) is 12.3 Å². The summed E-state index contributed by atoms with van der Waals surface area (Å²) in [5, 5.41) is 0. The molecule has 1 amide bonds. The summed E-state index contributed by atoms with van der Waals surface area (Å²) in [6, 6.07) is 0. The van der Waals surface area contributed by atoms with Crippen molar-refractivity contribution in [3.8, 4) is 0 Å². The number of hydrogen-bond acceptors (Lipinski definition) is 1. The first-order valence-corrected chi connectivity index (χ1v) is 2.22. The molecule has 8 heavy (non-hydrogen) atoms. The van der Waals surface area contributed by atoms with Crippen molar-refractivity contribution >= 4 is 5.91 Å². The Balaban J connectivity index is 2.44. The van der Waals surface area contributed by atoms with E-state index in [4.69, 9.17) is 0 Å². The minimum atomic E-state index is -1.63. The summed E-state index contributed by atoms with van der Waals surface area (Å²) < 4.78 is 23.5. The molecule has 1 fully saturated rings. The fourth-order valence-electron chi connectivity index (χ4n) is 0.554. The average molecular weight is 121 g/mol. The van der Waals surface area contributed by atoms with Crippen LogP contribution in [0.25, 0.3) is 0 Å². The lowest BCUT2D eigenvalue weighted by Gasteiger charge is -1.79. The van der Waals surface area contributed by atoms with E-state index in [0.717, 1.165) is 0 Å². The predicted molar refractivity (Wildman–Crippen MR) is 22.5 cm³/mol. The summed E-state index contributed by atoms with van der Waals surface area (Å²) in [6.45, 7) is 0. The molecule has 0 aromatic rings. The lowest BCUT2D eigenvalue weighted by molar-refractivity contribution is -0.119. The molecule has 2 nitrogen and oxygen atoms in total. The molecule has 0 spiro atoms. The van der Waals surface area contributed by atoms with E-state index in [1.165, 1.54) is 0 Å². The van der Waals surface area contributed by atoms with Crippen LogP contribution < -0.4 is 5.73 Å². The van der Waals surface area contributed by atoms with E-state index in [-0.39, 0.29) is 0 Å². The van der Waals surface area contributed by atoms with Gasteiger partial charge in [0.15, 0.2) is 0 Å². The maximum atomic E-state index is 11.7. The lowest BCUT2D eigenvalue weighted by atomic mass is 10.4. The van der Waals surface area contributed by atoms with Crippen LogP contribution in [0, 0.1) is 5.92 Å². The van der Waals surface area contributed by atoms with Crippen molar-refractivity contribution < 1.29 is 13.6 Å². The Hall–Kier alpha value is -0.670. The van der Waals surface area contributed by atoms with Crippen LogP contribution in [0.15, 0.2) is 0 Å². The molecule has 2 unspecified atom stereocenters. The van der Waals surface area contributed by atoms with Crippen LogP contribution in [0.4, 0.5) is 8.78 Å². The number of amides is 1. The van der Waals surface area contributed by atoms with Gasteiger partial charge in [-0.15, -0.1) is 0 Å². The second-order valence-electron chi connectivity index (χ2n) is 1.82. The number of nitrogens with two attached hydrogens (primary N) is 1. The van der Waals surface area contributed by atoms with E-state index in [1.807, 2.05) is 0 Å². The first-order valence-electron chi connectivity index (χ1n) is 2.22. The van der Waals surface area contributed by atoms with Gasteiger partial charge in [-0.2, -0.15) is 0 Å². The Morgan fingerprint density at radius 1 is 1.38 bits per heavy atom. The van der Waals surface area contributed by atoms with Crippen molar-refractivity contribution in [1.82, 2.24) is 0 Å². The summed E-state index contributed by atoms with van der Waals surface area (Å²) >= 11 is 0. The van der Waals surface area contributed by atoms with Gasteiger partial charge in [0, 0.05) is 0 Å². The number of carbonyl (C=O) groups excluding carboxylic acids is 1. The largest absolute Gasteiger partial charge is 0.369 e. The highest BCUT2D eigenvalue weighted by Crippen LogP contribution is 2.37. The van der Waals surface area contributed by atoms with Crippen LogP contribution in [0.3, 0.4) is 0 Å². The standard InChI is InChI=1S/C4H5F2NO/c5-2-1(3(2)6)4(7)8/h1-3H,(H2,7,8). The van der Waals surface area contributed by atoms with E-state index in [9.17, 15) is 13.6 Å². The highest BCUT2D eigenvalue weighted by molar-refractivity contribution is 5.81. The second kappa shape index (κ2) is 1.40. The molecule has 0 aromatic heterocycles. The van der Waals surface area contributed by atoms with Crippen LogP contribution >= 0.6 is 0 Å². The normalized spacial score (nSPS) is 44.0. The highest BCUT2D eigenvalue weighted by Gasteiger charge is 2.56. The van der Waals surface area contributed by atoms with Gasteiger partial charge in [-0.25, -0.2) is 8.78 Å². The zero-order valence-electron chi connectivity index (χ0n) is 3.97. The van der Waals surface area contributed by atoms with E-state index < -0.39 is 24.2 Å². The van der Waals surface area contributed by atoms with Gasteiger partial charge < -0.3 is 5.73 Å². The highest BCUT2D eigenvalue weighted by atomic mass is 19.2. The van der Waals surface area contributed by atoms with Gasteiger partial charge in [0.2, 0.25) is 5.91 Å². The van der Waals surface area contributed by atoms with Gasteiger partial charge in [0.05, 0.1) is 0 Å². The Morgan fingerprint density at radius 3 is 1.75 bits per heavy atom. The summed E-state index contributed by atoms with van der Waals surface area (Å²) in [4.78, 5) is 9.92. The summed E-state index contributed by atoms with van der Waals surface area (Å²) in [6.07, 6.45) is -3.26. The number of carbonyl (C=O) groups is 1. The topological polar surface area (TPSA) is 43.1 Å². The third kappa shape index (κ3) is 0.562. The summed E-state index contributed by atoms with van der Waals surface area (Å²) in [5.74, 6) is -2.04. The fraction of sp³-hybridized carbons (Fsp3) is 0.750. The van der Waals surface area contributed by atoms with Crippen molar-refractivity contribution in [2.75, 3.05) is 0 Å². The van der Waals surface area contributed by atoms with Crippen LogP contribution in [0.5, 0.6) is 0 Å². The van der Waals surface area contributed by atoms with Gasteiger partial charge in [0.25, 0.3) is 0 Å². The Bertz CT molecular complexity index is 119. The molecular weight excluding hydrogens is 116 g/mol. The Labute approximate surface area is 44.7 Å². The third-order valence-corrected chi connectivity index (χ3v) is 1.18. The van der Waals surface area contributed by atoms with Gasteiger partial charge in [-0.1, -0.05) is 0 Å². The number of halogens is 2. The second-order valence-corrected chi connectivity index (χ2v) is 1.82. The zero-order valence-corrected chi connectivity index (χ0v) is 3.97. The number of primary amides is 1. The molecule has 0 aliphatic heterocycles. The molecule has 0 bridgehead atoms. The molecule has 0 heterocycles. The van der Waals surface area contributed by atoms with Gasteiger partial charge >= 0.3 is 0 Å². The summed E-state index contributed by atoms with van der Waals surface area (Å²) in [7, 11) is 0. The summed E-state index contributed by atoms with van der Waals surface area (Å²) in [5.41, 5.74) is 4.56. The van der Waals surface area contributed by atoms with Crippen molar-refractivity contribution in [3.63, 3.8) is 0 Å². The van der Waals surface area contributed by atoms with Crippen molar-refractivity contribution in [2.24, 2.45) is 11.7 Å². The Kier molecular flexibility index (Phi) is 0.957. The molecule has 0 saturated heterocycles. The van der Waals surface area contributed by atoms with Gasteiger partial charge in [-0.05, 0) is 0 Å². The molecule has 2 atom stereocenters. The molecule has 4 heteroatoms. The lowest BCUT2D eigenvalue weighted by Crippen LogP contribution is -2.15. The minimum Gasteiger partial charge on any atom is -0.369 e. The van der Waals surface area contributed by atoms with Crippen molar-refractivity contribution in [3.05, 3.63) is 0 Å². The molecule has 1 rings (SSSR count). The van der Waals surface area contributed by atoms with E-state index in [1.54, 1.807) is 0 Å². The fourth-order valence-corrected chi connectivity index (χ4v) is 0.554. The van der Waals surface area contributed by atoms with Crippen LogP contribution in [0.2, 0.25) is 0 Å². The Morgan fingerprint density at radius 2 is 1.75 bits per heavy atom. The number of rotatable bonds is 1. The average Bonchev–Trinajstić information content (AvgIpc) is 2.15. The molecular formula is C4H5F2NO. The molecule has 1 saturated carbocycles. The van der Waals surface area contributed by atoms with Crippen LogP contribution in [-0.2, 0) is 4.79 Å². The molecule has 2 N–H and O–H groups in total. The quantitative estimate of drug-likeness (QED) is 0.512. The van der Waals surface area contributed by atoms with Crippen LogP contribution in [0.1, 0.15) is 0 Å². The molecule has 1 aliphatic rings. The maximum absolute atomic E-state index is 11.7. The zero-order chi connectivity index (χ0) is 6.31. The predicted octanol–water partition coefficient (Wildman–Crippen LogP) is -0.222. The van der Waals surface area contributed by atoms with E-state index in [0.29, 0.717) is 0 Å². The van der Waals surface area contributed by atoms with Crippen LogP contribution in [-0.4, -0.2) is 18.3 Å². The first kappa shape index (κ1) is 5.47. The monoisotopic (exact) mass is 121 g/mol. The maximum Gasteiger partial charge on any atom is 0.226 e. The molecule has 46 valence electrons. The van der Waals surface area contributed by atoms with Gasteiger partial charge in [0.1, 0.15) is 18.3 Å². The first-order chi connectivity index (χ1) is 3.64.